The van der Waals surface area contributed by atoms with Crippen LogP contribution < -0.4 is 0 Å². The second-order valence-electron chi connectivity index (χ2n) is 4.62. The van der Waals surface area contributed by atoms with Crippen LogP contribution in [0.2, 0.25) is 0 Å². The van der Waals surface area contributed by atoms with Crippen LogP contribution in [0.4, 0.5) is 0 Å². The average Bonchev–Trinajstić information content (AvgIpc) is 2.78. The zero-order chi connectivity index (χ0) is 12.4. The van der Waals surface area contributed by atoms with Gasteiger partial charge in [0.05, 0.1) is 0 Å². The van der Waals surface area contributed by atoms with E-state index in [1.54, 1.807) is 0 Å². The zero-order valence-electron chi connectivity index (χ0n) is 10.6. The fourth-order valence-corrected chi connectivity index (χ4v) is 2.51. The fraction of sp³-hybridized carbons (Fsp3) is 0.176. The third kappa shape index (κ3) is 1.92. The highest BCUT2D eigenvalue weighted by Gasteiger charge is 2.06. The Hall–Kier alpha value is -2.02. The lowest BCUT2D eigenvalue weighted by Gasteiger charge is -2.09. The van der Waals surface area contributed by atoms with Gasteiger partial charge in [0.2, 0.25) is 0 Å². The van der Waals surface area contributed by atoms with Crippen LogP contribution in [-0.2, 0) is 13.0 Å². The Morgan fingerprint density at radius 3 is 2.39 bits per heavy atom. The highest BCUT2D eigenvalue weighted by atomic mass is 15.0. The molecule has 0 radical (unpaired) electrons. The normalized spacial score (nSPS) is 10.9. The quantitative estimate of drug-likeness (QED) is 0.639. The summed E-state index contributed by atoms with van der Waals surface area (Å²) < 4.78 is 2.42. The van der Waals surface area contributed by atoms with E-state index in [4.69, 9.17) is 0 Å². The maximum Gasteiger partial charge on any atom is 0.0485 e. The average molecular weight is 235 g/mol. The van der Waals surface area contributed by atoms with E-state index in [1.165, 1.54) is 22.2 Å². The molecule has 0 saturated heterocycles. The van der Waals surface area contributed by atoms with Crippen LogP contribution in [-0.4, -0.2) is 4.57 Å². The summed E-state index contributed by atoms with van der Waals surface area (Å²) in [6, 6.07) is 21.6. The fourth-order valence-electron chi connectivity index (χ4n) is 2.51. The molecule has 1 nitrogen and oxygen atoms in total. The third-order valence-electron chi connectivity index (χ3n) is 3.44. The minimum Gasteiger partial charge on any atom is -0.340 e. The molecule has 2 aromatic carbocycles. The van der Waals surface area contributed by atoms with E-state index >= 15 is 0 Å². The monoisotopic (exact) mass is 235 g/mol. The molecule has 0 saturated carbocycles. The standard InChI is InChI=1S/C17H17N/c1-2-16-12-15-10-6-7-11-17(15)18(16)13-14-8-4-3-5-9-14/h3-12H,2,13H2,1H3. The summed E-state index contributed by atoms with van der Waals surface area (Å²) >= 11 is 0. The van der Waals surface area contributed by atoms with E-state index in [-0.39, 0.29) is 0 Å². The molecule has 0 bridgehead atoms. The third-order valence-corrected chi connectivity index (χ3v) is 3.44. The second kappa shape index (κ2) is 4.69. The Labute approximate surface area is 108 Å². The molecule has 0 unspecified atom stereocenters. The number of nitrogens with zero attached hydrogens (tertiary/aromatic N) is 1. The van der Waals surface area contributed by atoms with Crippen LogP contribution in [0.5, 0.6) is 0 Å². The lowest BCUT2D eigenvalue weighted by Crippen LogP contribution is -2.03. The molecule has 1 aromatic heterocycles. The Balaban J connectivity index is 2.10. The van der Waals surface area contributed by atoms with Gasteiger partial charge in [-0.15, -0.1) is 0 Å². The number of para-hydroxylation sites is 1. The topological polar surface area (TPSA) is 4.93 Å². The predicted molar refractivity (Wildman–Crippen MR) is 76.9 cm³/mol. The van der Waals surface area contributed by atoms with Crippen LogP contribution in [0.1, 0.15) is 18.2 Å². The first kappa shape index (κ1) is 11.1. The van der Waals surface area contributed by atoms with E-state index in [0.717, 1.165) is 13.0 Å². The first-order valence-electron chi connectivity index (χ1n) is 6.49. The van der Waals surface area contributed by atoms with Crippen molar-refractivity contribution in [2.75, 3.05) is 0 Å². The van der Waals surface area contributed by atoms with Crippen molar-refractivity contribution in [1.29, 1.82) is 0 Å². The molecule has 0 fully saturated rings. The van der Waals surface area contributed by atoms with Crippen molar-refractivity contribution in [2.24, 2.45) is 0 Å². The second-order valence-corrected chi connectivity index (χ2v) is 4.62. The summed E-state index contributed by atoms with van der Waals surface area (Å²) in [5.41, 5.74) is 4.09. The van der Waals surface area contributed by atoms with Gasteiger partial charge in [-0.25, -0.2) is 0 Å². The molecule has 0 aliphatic carbocycles. The molecule has 0 amide bonds. The maximum atomic E-state index is 2.42. The molecule has 0 N–H and O–H groups in total. The molecule has 3 aromatic rings. The predicted octanol–water partition coefficient (Wildman–Crippen LogP) is 4.25. The molecule has 90 valence electrons. The number of fused-ring (bicyclic) bond motifs is 1. The van der Waals surface area contributed by atoms with E-state index in [1.807, 2.05) is 0 Å². The van der Waals surface area contributed by atoms with E-state index in [9.17, 15) is 0 Å². The van der Waals surface area contributed by atoms with Crippen molar-refractivity contribution in [3.8, 4) is 0 Å². The summed E-state index contributed by atoms with van der Waals surface area (Å²) in [6.45, 7) is 3.17. The van der Waals surface area contributed by atoms with Gasteiger partial charge in [-0.05, 0) is 29.5 Å². The van der Waals surface area contributed by atoms with Gasteiger partial charge >= 0.3 is 0 Å². The summed E-state index contributed by atoms with van der Waals surface area (Å²) in [7, 11) is 0. The van der Waals surface area contributed by atoms with E-state index in [0.29, 0.717) is 0 Å². The SMILES string of the molecule is CCc1cc2ccccc2n1Cc1ccccc1. The van der Waals surface area contributed by atoms with Crippen molar-refractivity contribution in [3.63, 3.8) is 0 Å². The number of rotatable bonds is 3. The van der Waals surface area contributed by atoms with Crippen molar-refractivity contribution in [1.82, 2.24) is 4.57 Å². The highest BCUT2D eigenvalue weighted by Crippen LogP contribution is 2.21. The van der Waals surface area contributed by atoms with E-state index < -0.39 is 0 Å². The lowest BCUT2D eigenvalue weighted by molar-refractivity contribution is 0.776. The number of benzene rings is 2. The molecule has 3 rings (SSSR count). The molecule has 0 atom stereocenters. The minimum absolute atomic E-state index is 0.956. The number of aromatic nitrogens is 1. The smallest absolute Gasteiger partial charge is 0.0485 e. The van der Waals surface area contributed by atoms with E-state index in [2.05, 4.69) is 72.2 Å². The van der Waals surface area contributed by atoms with Crippen molar-refractivity contribution < 1.29 is 0 Å². The van der Waals surface area contributed by atoms with Crippen molar-refractivity contribution in [2.45, 2.75) is 19.9 Å². The molecular weight excluding hydrogens is 218 g/mol. The number of hydrogen-bond donors (Lipinski definition) is 0. The molecule has 1 heterocycles. The van der Waals surface area contributed by atoms with Gasteiger partial charge in [-0.1, -0.05) is 55.5 Å². The summed E-state index contributed by atoms with van der Waals surface area (Å²) in [4.78, 5) is 0. The zero-order valence-corrected chi connectivity index (χ0v) is 10.6. The van der Waals surface area contributed by atoms with Crippen LogP contribution in [0.25, 0.3) is 10.9 Å². The first-order valence-corrected chi connectivity index (χ1v) is 6.49. The maximum absolute atomic E-state index is 2.42. The van der Waals surface area contributed by atoms with Gasteiger partial charge in [0.25, 0.3) is 0 Å². The Kier molecular flexibility index (Phi) is 2.89. The minimum atomic E-state index is 0.956. The van der Waals surface area contributed by atoms with Crippen LogP contribution in [0.15, 0.2) is 60.7 Å². The van der Waals surface area contributed by atoms with Gasteiger partial charge in [0.15, 0.2) is 0 Å². The lowest BCUT2D eigenvalue weighted by atomic mass is 10.2. The van der Waals surface area contributed by atoms with Crippen LogP contribution >= 0.6 is 0 Å². The molecule has 0 spiro atoms. The van der Waals surface area contributed by atoms with Crippen LogP contribution in [0, 0.1) is 0 Å². The van der Waals surface area contributed by atoms with Crippen LogP contribution in [0.3, 0.4) is 0 Å². The molecule has 0 aliphatic rings. The number of hydrogen-bond acceptors (Lipinski definition) is 0. The molecule has 1 heteroatoms. The van der Waals surface area contributed by atoms with Gasteiger partial charge < -0.3 is 4.57 Å². The molecular formula is C17H17N. The largest absolute Gasteiger partial charge is 0.340 e. The van der Waals surface area contributed by atoms with Crippen molar-refractivity contribution in [3.05, 3.63) is 71.9 Å². The Morgan fingerprint density at radius 1 is 0.889 bits per heavy atom. The van der Waals surface area contributed by atoms with Gasteiger partial charge in [-0.2, -0.15) is 0 Å². The molecule has 0 aliphatic heterocycles. The Morgan fingerprint density at radius 2 is 1.61 bits per heavy atom. The van der Waals surface area contributed by atoms with Gasteiger partial charge in [0, 0.05) is 17.8 Å². The van der Waals surface area contributed by atoms with Gasteiger partial charge in [0.1, 0.15) is 0 Å². The summed E-state index contributed by atoms with van der Waals surface area (Å²) in [5, 5.41) is 1.34. The molecule has 18 heavy (non-hydrogen) atoms. The summed E-state index contributed by atoms with van der Waals surface area (Å²) in [5.74, 6) is 0. The highest BCUT2D eigenvalue weighted by molar-refractivity contribution is 5.81. The first-order chi connectivity index (χ1) is 8.88. The number of aryl methyl sites for hydroxylation is 1. The van der Waals surface area contributed by atoms with Gasteiger partial charge in [-0.3, -0.25) is 0 Å². The van der Waals surface area contributed by atoms with Crippen molar-refractivity contribution >= 4 is 10.9 Å². The Bertz CT molecular complexity index is 650. The summed E-state index contributed by atoms with van der Waals surface area (Å²) in [6.07, 6.45) is 1.07.